The molecular formula is C21H21FN6O. The van der Waals surface area contributed by atoms with Crippen LogP contribution in [-0.2, 0) is 11.8 Å². The molecule has 1 N–H and O–H groups in total. The predicted molar refractivity (Wildman–Crippen MR) is 109 cm³/mol. The van der Waals surface area contributed by atoms with Crippen molar-refractivity contribution in [1.82, 2.24) is 24.7 Å². The molecule has 0 bridgehead atoms. The Morgan fingerprint density at radius 2 is 2.10 bits per heavy atom. The van der Waals surface area contributed by atoms with Crippen LogP contribution < -0.4 is 4.90 Å². The molecule has 0 saturated carbocycles. The highest BCUT2D eigenvalue weighted by Gasteiger charge is 2.23. The monoisotopic (exact) mass is 392 g/mol. The number of ether oxygens (including phenoxy) is 1. The van der Waals surface area contributed by atoms with Gasteiger partial charge in [0.05, 0.1) is 30.6 Å². The highest BCUT2D eigenvalue weighted by atomic mass is 19.1. The number of aryl methyl sites for hydroxylation is 1. The maximum absolute atomic E-state index is 14.3. The lowest BCUT2D eigenvalue weighted by molar-refractivity contribution is 0.0985. The fourth-order valence-corrected chi connectivity index (χ4v) is 3.84. The third kappa shape index (κ3) is 3.15. The van der Waals surface area contributed by atoms with Gasteiger partial charge in [0.2, 0.25) is 0 Å². The fraction of sp³-hybridized carbons (Fsp3) is 0.286. The van der Waals surface area contributed by atoms with Crippen molar-refractivity contribution >= 4 is 16.7 Å². The fourth-order valence-electron chi connectivity index (χ4n) is 3.84. The highest BCUT2D eigenvalue weighted by molar-refractivity contribution is 5.93. The van der Waals surface area contributed by atoms with E-state index in [9.17, 15) is 4.39 Å². The SMILES string of the molecule is C[C@@H]1COCCN1c1cc(-c2ccnn2C)nc(-c2cc(F)cc3[nH]ccc23)n1. The van der Waals surface area contributed by atoms with Gasteiger partial charge in [-0.15, -0.1) is 0 Å². The summed E-state index contributed by atoms with van der Waals surface area (Å²) in [7, 11) is 1.88. The summed E-state index contributed by atoms with van der Waals surface area (Å²) in [6, 6.07) is 8.96. The summed E-state index contributed by atoms with van der Waals surface area (Å²) >= 11 is 0. The molecule has 7 nitrogen and oxygen atoms in total. The van der Waals surface area contributed by atoms with Crippen LogP contribution in [0.25, 0.3) is 33.7 Å². The number of fused-ring (bicyclic) bond motifs is 1. The van der Waals surface area contributed by atoms with Crippen molar-refractivity contribution in [2.24, 2.45) is 7.05 Å². The Labute approximate surface area is 167 Å². The Bertz CT molecular complexity index is 1180. The van der Waals surface area contributed by atoms with E-state index in [0.717, 1.165) is 34.7 Å². The van der Waals surface area contributed by atoms with Crippen molar-refractivity contribution in [3.8, 4) is 22.8 Å². The number of benzene rings is 1. The maximum atomic E-state index is 14.3. The van der Waals surface area contributed by atoms with E-state index in [0.29, 0.717) is 24.6 Å². The van der Waals surface area contributed by atoms with Crippen LogP contribution in [0.2, 0.25) is 0 Å². The van der Waals surface area contributed by atoms with Crippen LogP contribution in [0.5, 0.6) is 0 Å². The number of H-pyrrole nitrogens is 1. The Morgan fingerprint density at radius 1 is 1.21 bits per heavy atom. The first kappa shape index (κ1) is 17.8. The van der Waals surface area contributed by atoms with Crippen LogP contribution in [-0.4, -0.2) is 50.5 Å². The summed E-state index contributed by atoms with van der Waals surface area (Å²) in [5.74, 6) is 0.960. The van der Waals surface area contributed by atoms with E-state index >= 15 is 0 Å². The molecule has 5 rings (SSSR count). The zero-order valence-electron chi connectivity index (χ0n) is 16.3. The molecule has 8 heteroatoms. The average molecular weight is 392 g/mol. The molecule has 0 radical (unpaired) electrons. The molecule has 4 aromatic rings. The first-order chi connectivity index (χ1) is 14.1. The number of nitrogens with zero attached hydrogens (tertiary/aromatic N) is 5. The summed E-state index contributed by atoms with van der Waals surface area (Å²) in [6.07, 6.45) is 3.53. The van der Waals surface area contributed by atoms with Crippen molar-refractivity contribution in [3.05, 3.63) is 48.5 Å². The Morgan fingerprint density at radius 3 is 2.90 bits per heavy atom. The minimum atomic E-state index is -0.328. The van der Waals surface area contributed by atoms with Crippen molar-refractivity contribution in [2.45, 2.75) is 13.0 Å². The van der Waals surface area contributed by atoms with Crippen LogP contribution in [0.3, 0.4) is 0 Å². The standard InChI is InChI=1S/C21H21FN6O/c1-13-12-29-8-7-28(13)20-11-18(19-4-6-24-27(19)2)25-21(26-20)16-9-14(22)10-17-15(16)3-5-23-17/h3-6,9-11,13,23H,7-8,12H2,1-2H3/t13-/m1/s1. The molecule has 1 saturated heterocycles. The molecule has 0 spiro atoms. The molecule has 148 valence electrons. The van der Waals surface area contributed by atoms with Gasteiger partial charge in [0, 0.05) is 48.5 Å². The van der Waals surface area contributed by atoms with Gasteiger partial charge in [-0.05, 0) is 31.2 Å². The normalized spacial score (nSPS) is 17.2. The van der Waals surface area contributed by atoms with E-state index in [4.69, 9.17) is 14.7 Å². The number of aromatic amines is 1. The molecule has 3 aromatic heterocycles. The van der Waals surface area contributed by atoms with E-state index < -0.39 is 0 Å². The van der Waals surface area contributed by atoms with Crippen LogP contribution >= 0.6 is 0 Å². The predicted octanol–water partition coefficient (Wildman–Crippen LogP) is 3.39. The molecule has 1 aromatic carbocycles. The zero-order valence-corrected chi connectivity index (χ0v) is 16.3. The summed E-state index contributed by atoms with van der Waals surface area (Å²) in [5, 5.41) is 5.15. The van der Waals surface area contributed by atoms with Gasteiger partial charge in [0.25, 0.3) is 0 Å². The third-order valence-corrected chi connectivity index (χ3v) is 5.33. The number of anilines is 1. The quantitative estimate of drug-likeness (QED) is 0.579. The van der Waals surface area contributed by atoms with E-state index in [1.807, 2.05) is 25.2 Å². The van der Waals surface area contributed by atoms with Gasteiger partial charge in [-0.3, -0.25) is 4.68 Å². The summed E-state index contributed by atoms with van der Waals surface area (Å²) < 4.78 is 21.7. The highest BCUT2D eigenvalue weighted by Crippen LogP contribution is 2.31. The number of halogens is 1. The van der Waals surface area contributed by atoms with Crippen LogP contribution in [0.1, 0.15) is 6.92 Å². The molecule has 29 heavy (non-hydrogen) atoms. The Kier molecular flexibility index (Phi) is 4.28. The lowest BCUT2D eigenvalue weighted by Gasteiger charge is -2.34. The largest absolute Gasteiger partial charge is 0.377 e. The number of morpholine rings is 1. The number of nitrogens with one attached hydrogen (secondary N) is 1. The molecule has 0 unspecified atom stereocenters. The van der Waals surface area contributed by atoms with Gasteiger partial charge in [0.1, 0.15) is 11.6 Å². The average Bonchev–Trinajstić information content (AvgIpc) is 3.36. The first-order valence-electron chi connectivity index (χ1n) is 9.59. The minimum Gasteiger partial charge on any atom is -0.377 e. The number of hydrogen-bond acceptors (Lipinski definition) is 5. The third-order valence-electron chi connectivity index (χ3n) is 5.33. The molecule has 4 heterocycles. The van der Waals surface area contributed by atoms with Gasteiger partial charge in [-0.2, -0.15) is 5.10 Å². The van der Waals surface area contributed by atoms with Gasteiger partial charge >= 0.3 is 0 Å². The number of aromatic nitrogens is 5. The van der Waals surface area contributed by atoms with Crippen LogP contribution in [0, 0.1) is 5.82 Å². The molecule has 1 aliphatic rings. The van der Waals surface area contributed by atoms with Crippen molar-refractivity contribution in [3.63, 3.8) is 0 Å². The summed E-state index contributed by atoms with van der Waals surface area (Å²) in [5.41, 5.74) is 3.00. The lowest BCUT2D eigenvalue weighted by Crippen LogP contribution is -2.44. The van der Waals surface area contributed by atoms with Crippen LogP contribution in [0.15, 0.2) is 42.7 Å². The minimum absolute atomic E-state index is 0.186. The van der Waals surface area contributed by atoms with E-state index in [-0.39, 0.29) is 11.9 Å². The molecule has 1 atom stereocenters. The second-order valence-corrected chi connectivity index (χ2v) is 7.28. The van der Waals surface area contributed by atoms with Crippen molar-refractivity contribution < 1.29 is 9.13 Å². The number of hydrogen-bond donors (Lipinski definition) is 1. The summed E-state index contributed by atoms with van der Waals surface area (Å²) in [4.78, 5) is 14.9. The van der Waals surface area contributed by atoms with E-state index in [1.165, 1.54) is 12.1 Å². The van der Waals surface area contributed by atoms with Crippen molar-refractivity contribution in [2.75, 3.05) is 24.7 Å². The smallest absolute Gasteiger partial charge is 0.162 e. The van der Waals surface area contributed by atoms with Gasteiger partial charge in [-0.25, -0.2) is 14.4 Å². The van der Waals surface area contributed by atoms with Gasteiger partial charge in [-0.1, -0.05) is 0 Å². The molecular weight excluding hydrogens is 371 g/mol. The second-order valence-electron chi connectivity index (χ2n) is 7.28. The maximum Gasteiger partial charge on any atom is 0.162 e. The van der Waals surface area contributed by atoms with Gasteiger partial charge < -0.3 is 14.6 Å². The molecule has 1 fully saturated rings. The topological polar surface area (TPSA) is 71.9 Å². The molecule has 0 aliphatic carbocycles. The van der Waals surface area contributed by atoms with Crippen LogP contribution in [0.4, 0.5) is 10.2 Å². The number of rotatable bonds is 3. The first-order valence-corrected chi connectivity index (χ1v) is 9.59. The molecule has 0 amide bonds. The van der Waals surface area contributed by atoms with Crippen molar-refractivity contribution in [1.29, 1.82) is 0 Å². The Balaban J connectivity index is 1.73. The zero-order chi connectivity index (χ0) is 20.0. The molecule has 1 aliphatic heterocycles. The lowest BCUT2D eigenvalue weighted by atomic mass is 10.1. The Hall–Kier alpha value is -3.26. The second kappa shape index (κ2) is 6.97. The van der Waals surface area contributed by atoms with Gasteiger partial charge in [0.15, 0.2) is 5.82 Å². The van der Waals surface area contributed by atoms with E-state index in [2.05, 4.69) is 21.9 Å². The van der Waals surface area contributed by atoms with E-state index in [1.54, 1.807) is 17.1 Å². The summed E-state index contributed by atoms with van der Waals surface area (Å²) in [6.45, 7) is 4.14.